The van der Waals surface area contributed by atoms with Gasteiger partial charge >= 0.3 is 0 Å². The number of halogens is 2. The number of rotatable bonds is 4. The van der Waals surface area contributed by atoms with Gasteiger partial charge in [0, 0.05) is 19.8 Å². The topological polar surface area (TPSA) is 71.2 Å². The van der Waals surface area contributed by atoms with Crippen LogP contribution in [-0.4, -0.2) is 22.8 Å². The van der Waals surface area contributed by atoms with Crippen molar-refractivity contribution in [2.24, 2.45) is 5.84 Å². The number of hydrogen-bond donors (Lipinski definition) is 2. The van der Waals surface area contributed by atoms with Crippen molar-refractivity contribution in [2.75, 3.05) is 12.5 Å². The third kappa shape index (κ3) is 3.68. The Bertz CT molecular complexity index is 665. The van der Waals surface area contributed by atoms with Gasteiger partial charge in [0.15, 0.2) is 5.82 Å². The molecule has 0 fully saturated rings. The van der Waals surface area contributed by atoms with E-state index in [1.807, 2.05) is 0 Å². The molecule has 7 heteroatoms. The van der Waals surface area contributed by atoms with Crippen LogP contribution in [-0.2, 0) is 6.54 Å². The lowest BCUT2D eigenvalue weighted by molar-refractivity contribution is 0.0784. The molecule has 0 bridgehead atoms. The predicted octanol–water partition coefficient (Wildman–Crippen LogP) is 2.43. The molecule has 0 aliphatic heterocycles. The van der Waals surface area contributed by atoms with Crippen LogP contribution in [0.15, 0.2) is 36.5 Å². The highest BCUT2D eigenvalue weighted by Gasteiger charge is 2.14. The summed E-state index contributed by atoms with van der Waals surface area (Å²) in [7, 11) is 1.62. The Balaban J connectivity index is 2.14. The fourth-order valence-electron chi connectivity index (χ4n) is 1.86. The van der Waals surface area contributed by atoms with Crippen molar-refractivity contribution < 1.29 is 9.18 Å². The van der Waals surface area contributed by atoms with Crippen molar-refractivity contribution in [1.82, 2.24) is 9.88 Å². The smallest absolute Gasteiger partial charge is 0.255 e. The minimum atomic E-state index is -0.337. The number of hydrogen-bond acceptors (Lipinski definition) is 4. The van der Waals surface area contributed by atoms with Gasteiger partial charge in [-0.3, -0.25) is 4.79 Å². The number of nitrogens with one attached hydrogen (secondary N) is 1. The van der Waals surface area contributed by atoms with Crippen LogP contribution in [0.1, 0.15) is 15.9 Å². The van der Waals surface area contributed by atoms with Crippen LogP contribution in [0.25, 0.3) is 0 Å². The second kappa shape index (κ2) is 6.51. The maximum absolute atomic E-state index is 13.1. The molecular weight excluding hydrogens is 295 g/mol. The van der Waals surface area contributed by atoms with Gasteiger partial charge in [0.25, 0.3) is 5.91 Å². The van der Waals surface area contributed by atoms with Crippen molar-refractivity contribution >= 4 is 23.3 Å². The van der Waals surface area contributed by atoms with Crippen LogP contribution < -0.4 is 11.3 Å². The third-order valence-corrected chi connectivity index (χ3v) is 3.17. The fourth-order valence-corrected chi connectivity index (χ4v) is 2.08. The van der Waals surface area contributed by atoms with Gasteiger partial charge in [-0.1, -0.05) is 23.7 Å². The van der Waals surface area contributed by atoms with Crippen LogP contribution in [0.5, 0.6) is 0 Å². The zero-order chi connectivity index (χ0) is 15.4. The quantitative estimate of drug-likeness (QED) is 0.672. The number of benzene rings is 1. The average molecular weight is 309 g/mol. The Hall–Kier alpha value is -2.18. The number of hydrazine groups is 1. The van der Waals surface area contributed by atoms with Gasteiger partial charge in [-0.05, 0) is 23.8 Å². The first-order valence-corrected chi connectivity index (χ1v) is 6.51. The zero-order valence-corrected chi connectivity index (χ0v) is 12.1. The number of aromatic nitrogens is 1. The Morgan fingerprint density at radius 3 is 2.86 bits per heavy atom. The fraction of sp³-hybridized carbons (Fsp3) is 0.143. The lowest BCUT2D eigenvalue weighted by Crippen LogP contribution is -2.26. The third-order valence-electron chi connectivity index (χ3n) is 2.88. The van der Waals surface area contributed by atoms with Crippen LogP contribution in [0, 0.1) is 5.82 Å². The molecule has 1 amide bonds. The highest BCUT2D eigenvalue weighted by atomic mass is 35.5. The van der Waals surface area contributed by atoms with Gasteiger partial charge in [0.05, 0.1) is 10.6 Å². The molecule has 0 unspecified atom stereocenters. The summed E-state index contributed by atoms with van der Waals surface area (Å²) in [4.78, 5) is 17.7. The SMILES string of the molecule is CN(Cc1cccc(F)c1)C(=O)c1cnc(NN)c(Cl)c1. The molecular formula is C14H14ClFN4O. The van der Waals surface area contributed by atoms with Crippen LogP contribution >= 0.6 is 11.6 Å². The summed E-state index contributed by atoms with van der Waals surface area (Å²) in [6.45, 7) is 0.283. The molecule has 2 rings (SSSR count). The molecule has 0 atom stereocenters. The predicted molar refractivity (Wildman–Crippen MR) is 79.3 cm³/mol. The molecule has 2 aromatic rings. The van der Waals surface area contributed by atoms with E-state index >= 15 is 0 Å². The van der Waals surface area contributed by atoms with Crippen molar-refractivity contribution in [2.45, 2.75) is 6.54 Å². The Labute approximate surface area is 126 Å². The summed E-state index contributed by atoms with van der Waals surface area (Å²) < 4.78 is 13.1. The van der Waals surface area contributed by atoms with E-state index in [2.05, 4.69) is 10.4 Å². The first kappa shape index (κ1) is 15.2. The molecule has 110 valence electrons. The average Bonchev–Trinajstić information content (AvgIpc) is 2.46. The first-order valence-electron chi connectivity index (χ1n) is 6.13. The van der Waals surface area contributed by atoms with Gasteiger partial charge in [-0.15, -0.1) is 0 Å². The van der Waals surface area contributed by atoms with Crippen LogP contribution in [0.4, 0.5) is 10.2 Å². The van der Waals surface area contributed by atoms with Crippen molar-refractivity contribution in [3.63, 3.8) is 0 Å². The van der Waals surface area contributed by atoms with Gasteiger partial charge in [-0.2, -0.15) is 0 Å². The van der Waals surface area contributed by atoms with E-state index < -0.39 is 0 Å². The van der Waals surface area contributed by atoms with E-state index in [0.717, 1.165) is 0 Å². The second-order valence-corrected chi connectivity index (χ2v) is 4.90. The van der Waals surface area contributed by atoms with E-state index in [1.165, 1.54) is 29.3 Å². The highest BCUT2D eigenvalue weighted by molar-refractivity contribution is 6.33. The first-order chi connectivity index (χ1) is 10.0. The second-order valence-electron chi connectivity index (χ2n) is 4.49. The van der Waals surface area contributed by atoms with E-state index in [0.29, 0.717) is 16.9 Å². The lowest BCUT2D eigenvalue weighted by Gasteiger charge is -2.17. The molecule has 1 heterocycles. The summed E-state index contributed by atoms with van der Waals surface area (Å²) in [6, 6.07) is 7.57. The monoisotopic (exact) mass is 308 g/mol. The van der Waals surface area contributed by atoms with E-state index in [1.54, 1.807) is 19.2 Å². The van der Waals surface area contributed by atoms with E-state index in [-0.39, 0.29) is 23.3 Å². The summed E-state index contributed by atoms with van der Waals surface area (Å²) in [5.41, 5.74) is 3.36. The largest absolute Gasteiger partial charge is 0.337 e. The molecule has 0 aliphatic rings. The Morgan fingerprint density at radius 1 is 1.48 bits per heavy atom. The van der Waals surface area contributed by atoms with Gasteiger partial charge in [-0.25, -0.2) is 15.2 Å². The maximum atomic E-state index is 13.1. The summed E-state index contributed by atoms with van der Waals surface area (Å²) in [5.74, 6) is 4.91. The molecule has 0 aliphatic carbocycles. The summed E-state index contributed by atoms with van der Waals surface area (Å²) in [5, 5.41) is 0.252. The standard InChI is InChI=1S/C14H14ClFN4O/c1-20(8-9-3-2-4-11(16)5-9)14(21)10-6-12(15)13(19-17)18-7-10/h2-7H,8,17H2,1H3,(H,18,19). The number of nitrogen functional groups attached to an aromatic ring is 1. The van der Waals surface area contributed by atoms with E-state index in [4.69, 9.17) is 17.4 Å². The van der Waals surface area contributed by atoms with Gasteiger partial charge in [0.1, 0.15) is 5.82 Å². The molecule has 0 saturated heterocycles. The summed E-state index contributed by atoms with van der Waals surface area (Å²) in [6.07, 6.45) is 1.38. The molecule has 3 N–H and O–H groups in total. The van der Waals surface area contributed by atoms with Crippen LogP contribution in [0.2, 0.25) is 5.02 Å². The highest BCUT2D eigenvalue weighted by Crippen LogP contribution is 2.20. The number of pyridine rings is 1. The lowest BCUT2D eigenvalue weighted by atomic mass is 10.2. The molecule has 0 saturated carbocycles. The van der Waals surface area contributed by atoms with Crippen LogP contribution in [0.3, 0.4) is 0 Å². The maximum Gasteiger partial charge on any atom is 0.255 e. The van der Waals surface area contributed by atoms with E-state index in [9.17, 15) is 9.18 Å². The molecule has 5 nitrogen and oxygen atoms in total. The molecule has 1 aromatic carbocycles. The molecule has 21 heavy (non-hydrogen) atoms. The van der Waals surface area contributed by atoms with Gasteiger partial charge in [0.2, 0.25) is 0 Å². The van der Waals surface area contributed by atoms with Crippen molar-refractivity contribution in [3.8, 4) is 0 Å². The minimum absolute atomic E-state index is 0.252. The number of carbonyl (C=O) groups excluding carboxylic acids is 1. The normalized spacial score (nSPS) is 10.3. The number of amides is 1. The van der Waals surface area contributed by atoms with Crippen molar-refractivity contribution in [1.29, 1.82) is 0 Å². The molecule has 1 aromatic heterocycles. The van der Waals surface area contributed by atoms with Crippen molar-refractivity contribution in [3.05, 3.63) is 58.5 Å². The zero-order valence-electron chi connectivity index (χ0n) is 11.3. The summed E-state index contributed by atoms with van der Waals surface area (Å²) >= 11 is 5.93. The molecule has 0 spiro atoms. The number of nitrogens with two attached hydrogens (primary N) is 1. The number of anilines is 1. The molecule has 0 radical (unpaired) electrons. The number of nitrogens with zero attached hydrogens (tertiary/aromatic N) is 2. The van der Waals surface area contributed by atoms with Gasteiger partial charge < -0.3 is 10.3 Å². The Kier molecular flexibility index (Phi) is 4.72. The Morgan fingerprint density at radius 2 is 2.24 bits per heavy atom. The minimum Gasteiger partial charge on any atom is -0.337 e. The number of carbonyl (C=O) groups is 1.